The summed E-state index contributed by atoms with van der Waals surface area (Å²) in [6.45, 7) is 4.21. The molecule has 39 heavy (non-hydrogen) atoms. The zero-order valence-electron chi connectivity index (χ0n) is 22.1. The van der Waals surface area contributed by atoms with Crippen LogP contribution >= 0.6 is 0 Å². The van der Waals surface area contributed by atoms with Crippen LogP contribution < -0.4 is 16.4 Å². The number of nitrogens with zero attached hydrogens (tertiary/aromatic N) is 2. The van der Waals surface area contributed by atoms with Gasteiger partial charge in [0, 0.05) is 30.9 Å². The molecule has 1 aliphatic carbocycles. The number of hydrogen-bond acceptors (Lipinski definition) is 5. The minimum absolute atomic E-state index is 0.112. The van der Waals surface area contributed by atoms with E-state index in [9.17, 15) is 27.6 Å². The maximum absolute atomic E-state index is 12.6. The molecular formula is C28H36F3N5O3. The number of halogens is 3. The number of nitrogens with one attached hydrogen (secondary N) is 2. The van der Waals surface area contributed by atoms with Gasteiger partial charge in [0.05, 0.1) is 23.2 Å². The highest BCUT2D eigenvalue weighted by molar-refractivity contribution is 5.96. The highest BCUT2D eigenvalue weighted by Crippen LogP contribution is 2.38. The van der Waals surface area contributed by atoms with Gasteiger partial charge in [-0.3, -0.25) is 19.4 Å². The van der Waals surface area contributed by atoms with E-state index < -0.39 is 23.1 Å². The number of alkyl halides is 3. The molecule has 0 radical (unpaired) electrons. The number of likely N-dealkylation sites (tertiary alicyclic amines) is 1. The average molecular weight is 548 g/mol. The van der Waals surface area contributed by atoms with Gasteiger partial charge in [-0.2, -0.15) is 13.2 Å². The van der Waals surface area contributed by atoms with Crippen molar-refractivity contribution in [1.82, 2.24) is 20.5 Å². The van der Waals surface area contributed by atoms with E-state index in [0.717, 1.165) is 62.9 Å². The van der Waals surface area contributed by atoms with Crippen LogP contribution in [0.15, 0.2) is 48.7 Å². The van der Waals surface area contributed by atoms with Crippen molar-refractivity contribution in [3.8, 4) is 0 Å². The normalized spacial score (nSPS) is 21.0. The molecule has 4 N–H and O–H groups in total. The van der Waals surface area contributed by atoms with Crippen LogP contribution in [0.25, 0.3) is 0 Å². The first-order valence-electron chi connectivity index (χ1n) is 13.2. The minimum atomic E-state index is -4.50. The molecule has 11 heteroatoms. The van der Waals surface area contributed by atoms with Gasteiger partial charge in [0.15, 0.2) is 0 Å². The molecule has 212 valence electrons. The van der Waals surface area contributed by atoms with Crippen LogP contribution in [0.3, 0.4) is 0 Å². The largest absolute Gasteiger partial charge is 0.416 e. The molecule has 0 spiro atoms. The SMILES string of the molecule is CCNC1CCC(C(N)=O)(c2ccccn2)CC1.O=C(NCC(=O)N1CCCC1)c1cccc(C(F)(F)F)c1. The average Bonchev–Trinajstić information content (AvgIpc) is 3.48. The van der Waals surface area contributed by atoms with Crippen LogP contribution in [0.5, 0.6) is 0 Å². The highest BCUT2D eigenvalue weighted by atomic mass is 19.4. The lowest BCUT2D eigenvalue weighted by atomic mass is 9.69. The molecule has 1 saturated heterocycles. The summed E-state index contributed by atoms with van der Waals surface area (Å²) >= 11 is 0. The molecule has 0 bridgehead atoms. The zero-order chi connectivity index (χ0) is 28.5. The fraction of sp³-hybridized carbons (Fsp3) is 0.500. The van der Waals surface area contributed by atoms with Crippen molar-refractivity contribution in [2.45, 2.75) is 63.1 Å². The third-order valence-corrected chi connectivity index (χ3v) is 7.27. The summed E-state index contributed by atoms with van der Waals surface area (Å²) in [7, 11) is 0. The lowest BCUT2D eigenvalue weighted by molar-refractivity contribution is -0.137. The summed E-state index contributed by atoms with van der Waals surface area (Å²) in [5.74, 6) is -1.14. The maximum Gasteiger partial charge on any atom is 0.416 e. The van der Waals surface area contributed by atoms with Crippen molar-refractivity contribution >= 4 is 17.7 Å². The molecule has 3 amide bonds. The van der Waals surface area contributed by atoms with Gasteiger partial charge in [0.1, 0.15) is 0 Å². The molecule has 2 aliphatic rings. The van der Waals surface area contributed by atoms with Crippen molar-refractivity contribution in [2.75, 3.05) is 26.2 Å². The van der Waals surface area contributed by atoms with Crippen LogP contribution in [0, 0.1) is 0 Å². The number of amides is 3. The lowest BCUT2D eigenvalue weighted by Crippen LogP contribution is -2.47. The molecule has 8 nitrogen and oxygen atoms in total. The predicted octanol–water partition coefficient (Wildman–Crippen LogP) is 3.41. The first kappa shape index (κ1) is 30.1. The standard InChI is InChI=1S/C14H15F3N2O2.C14H21N3O/c15-14(16,17)11-5-3-4-10(8-11)13(21)18-9-12(20)19-6-1-2-7-19;1-2-16-11-6-8-14(9-7-11,13(15)18)12-5-3-4-10-17-12/h3-5,8H,1-2,6-7,9H2,(H,18,21);3-5,10-11,16H,2,6-9H2,1H3,(H2,15,18). The van der Waals surface area contributed by atoms with Crippen LogP contribution in [0.1, 0.15) is 67.1 Å². The Morgan fingerprint density at radius 2 is 1.77 bits per heavy atom. The maximum atomic E-state index is 12.6. The number of pyridine rings is 1. The van der Waals surface area contributed by atoms with Crippen LogP contribution in [0.4, 0.5) is 13.2 Å². The van der Waals surface area contributed by atoms with Crippen molar-refractivity contribution in [1.29, 1.82) is 0 Å². The van der Waals surface area contributed by atoms with Gasteiger partial charge in [0.25, 0.3) is 5.91 Å². The molecule has 1 aromatic carbocycles. The Morgan fingerprint density at radius 3 is 2.33 bits per heavy atom. The topological polar surface area (TPSA) is 117 Å². The van der Waals surface area contributed by atoms with E-state index in [1.807, 2.05) is 18.2 Å². The second kappa shape index (κ2) is 13.5. The molecule has 2 heterocycles. The molecule has 1 aliphatic heterocycles. The summed E-state index contributed by atoms with van der Waals surface area (Å²) in [5, 5.41) is 5.80. The number of benzene rings is 1. The summed E-state index contributed by atoms with van der Waals surface area (Å²) in [5.41, 5.74) is 4.92. The summed E-state index contributed by atoms with van der Waals surface area (Å²) in [6, 6.07) is 10.3. The third-order valence-electron chi connectivity index (χ3n) is 7.27. The van der Waals surface area contributed by atoms with Crippen LogP contribution in [-0.4, -0.2) is 59.8 Å². The number of carbonyl (C=O) groups is 3. The third kappa shape index (κ3) is 8.01. The highest BCUT2D eigenvalue weighted by Gasteiger charge is 2.42. The van der Waals surface area contributed by atoms with Crippen molar-refractivity contribution < 1.29 is 27.6 Å². The van der Waals surface area contributed by atoms with Crippen molar-refractivity contribution in [3.05, 3.63) is 65.5 Å². The monoisotopic (exact) mass is 547 g/mol. The van der Waals surface area contributed by atoms with Gasteiger partial charge < -0.3 is 21.3 Å². The Hall–Kier alpha value is -3.47. The zero-order valence-corrected chi connectivity index (χ0v) is 22.1. The minimum Gasteiger partial charge on any atom is -0.369 e. The number of aromatic nitrogens is 1. The Labute approximate surface area is 226 Å². The molecule has 0 unspecified atom stereocenters. The number of hydrogen-bond donors (Lipinski definition) is 3. The van der Waals surface area contributed by atoms with Gasteiger partial charge in [0.2, 0.25) is 11.8 Å². The summed E-state index contributed by atoms with van der Waals surface area (Å²) < 4.78 is 37.7. The second-order valence-electron chi connectivity index (χ2n) is 9.84. The Kier molecular flexibility index (Phi) is 10.4. The van der Waals surface area contributed by atoms with E-state index in [-0.39, 0.29) is 23.9 Å². The number of primary amides is 1. The van der Waals surface area contributed by atoms with E-state index in [1.165, 1.54) is 12.1 Å². The molecule has 1 aromatic heterocycles. The second-order valence-corrected chi connectivity index (χ2v) is 9.84. The van der Waals surface area contributed by atoms with Crippen molar-refractivity contribution in [2.24, 2.45) is 5.73 Å². The van der Waals surface area contributed by atoms with Gasteiger partial charge in [-0.15, -0.1) is 0 Å². The van der Waals surface area contributed by atoms with E-state index in [4.69, 9.17) is 5.73 Å². The Bertz CT molecular complexity index is 1110. The summed E-state index contributed by atoms with van der Waals surface area (Å²) in [6.07, 6.45) is 2.65. The molecule has 2 aromatic rings. The van der Waals surface area contributed by atoms with Gasteiger partial charge in [-0.25, -0.2) is 0 Å². The van der Waals surface area contributed by atoms with E-state index in [0.29, 0.717) is 19.1 Å². The van der Waals surface area contributed by atoms with Gasteiger partial charge >= 0.3 is 6.18 Å². The Morgan fingerprint density at radius 1 is 1.08 bits per heavy atom. The lowest BCUT2D eigenvalue weighted by Gasteiger charge is -2.37. The van der Waals surface area contributed by atoms with Gasteiger partial charge in [-0.1, -0.05) is 19.1 Å². The first-order valence-corrected chi connectivity index (χ1v) is 13.2. The predicted molar refractivity (Wildman–Crippen MR) is 141 cm³/mol. The molecule has 1 saturated carbocycles. The van der Waals surface area contributed by atoms with Crippen molar-refractivity contribution in [3.63, 3.8) is 0 Å². The Balaban J connectivity index is 0.000000218. The quantitative estimate of drug-likeness (QED) is 0.491. The van der Waals surface area contributed by atoms with Crippen LogP contribution in [-0.2, 0) is 21.2 Å². The van der Waals surface area contributed by atoms with Crippen LogP contribution in [0.2, 0.25) is 0 Å². The van der Waals surface area contributed by atoms with Gasteiger partial charge in [-0.05, 0) is 75.4 Å². The molecular weight excluding hydrogens is 511 g/mol. The molecule has 4 rings (SSSR count). The first-order chi connectivity index (χ1) is 18.6. The molecule has 2 fully saturated rings. The molecule has 0 atom stereocenters. The number of rotatable bonds is 7. The summed E-state index contributed by atoms with van der Waals surface area (Å²) in [4.78, 5) is 41.4. The fourth-order valence-electron chi connectivity index (χ4n) is 5.05. The smallest absolute Gasteiger partial charge is 0.369 e. The number of carbonyl (C=O) groups excluding carboxylic acids is 3. The fourth-order valence-corrected chi connectivity index (χ4v) is 5.05. The van der Waals surface area contributed by atoms with E-state index in [1.54, 1.807) is 11.1 Å². The van der Waals surface area contributed by atoms with E-state index in [2.05, 4.69) is 22.5 Å². The van der Waals surface area contributed by atoms with E-state index >= 15 is 0 Å². The number of nitrogens with two attached hydrogens (primary N) is 1.